The summed E-state index contributed by atoms with van der Waals surface area (Å²) in [6.07, 6.45) is 36.5. The first-order valence-corrected chi connectivity index (χ1v) is 17.3. The summed E-state index contributed by atoms with van der Waals surface area (Å²) in [6, 6.07) is 0. The maximum Gasteiger partial charge on any atom is 0.157 e. The van der Waals surface area contributed by atoms with Crippen LogP contribution in [0.15, 0.2) is 12.2 Å². The van der Waals surface area contributed by atoms with Crippen LogP contribution in [-0.4, -0.2) is 23.9 Å². The van der Waals surface area contributed by atoms with E-state index in [1.165, 1.54) is 152 Å². The van der Waals surface area contributed by atoms with Crippen molar-refractivity contribution < 1.29 is 9.47 Å². The minimum Gasteiger partial charge on any atom is -0.353 e. The van der Waals surface area contributed by atoms with Crippen molar-refractivity contribution in [3.8, 4) is 0 Å². The van der Waals surface area contributed by atoms with Crippen LogP contribution in [-0.2, 0) is 9.47 Å². The van der Waals surface area contributed by atoms with Gasteiger partial charge in [-0.25, -0.2) is 0 Å². The van der Waals surface area contributed by atoms with Gasteiger partial charge in [-0.15, -0.1) is 0 Å². The van der Waals surface area contributed by atoms with Crippen molar-refractivity contribution in [1.29, 1.82) is 0 Å². The predicted molar refractivity (Wildman–Crippen MR) is 166 cm³/mol. The molecule has 0 amide bonds. The molecule has 210 valence electrons. The summed E-state index contributed by atoms with van der Waals surface area (Å²) in [5.41, 5.74) is 0. The average Bonchev–Trinajstić information content (AvgIpc) is 2.87. The predicted octanol–water partition coefficient (Wildman–Crippen LogP) is 11.7. The van der Waals surface area contributed by atoms with E-state index in [4.69, 9.17) is 9.47 Å². The van der Waals surface area contributed by atoms with Gasteiger partial charge in [0.15, 0.2) is 6.29 Å². The molecule has 35 heavy (non-hydrogen) atoms. The highest BCUT2D eigenvalue weighted by molar-refractivity contribution is 14.1. The molecule has 0 rings (SSSR count). The molecule has 0 unspecified atom stereocenters. The summed E-state index contributed by atoms with van der Waals surface area (Å²) in [5.74, 6) is 0. The third-order valence-corrected chi connectivity index (χ3v) is 7.48. The molecule has 3 heteroatoms. The fourth-order valence-corrected chi connectivity index (χ4v) is 4.88. The van der Waals surface area contributed by atoms with Gasteiger partial charge in [0.2, 0.25) is 0 Å². The zero-order valence-electron chi connectivity index (χ0n) is 24.0. The van der Waals surface area contributed by atoms with Crippen LogP contribution >= 0.6 is 22.6 Å². The molecule has 0 N–H and O–H groups in total. The van der Waals surface area contributed by atoms with Crippen LogP contribution < -0.4 is 0 Å². The van der Waals surface area contributed by atoms with Gasteiger partial charge < -0.3 is 9.47 Å². The second kappa shape index (κ2) is 32.4. The highest BCUT2D eigenvalue weighted by atomic mass is 127. The largest absolute Gasteiger partial charge is 0.353 e. The van der Waals surface area contributed by atoms with Gasteiger partial charge in [0.25, 0.3) is 0 Å². The molecule has 0 spiro atoms. The Kier molecular flexibility index (Phi) is 32.8. The molecule has 0 fully saturated rings. The lowest BCUT2D eigenvalue weighted by Gasteiger charge is -2.19. The molecule has 0 atom stereocenters. The Balaban J connectivity index is 3.85. The number of halogens is 1. The van der Waals surface area contributed by atoms with Gasteiger partial charge in [0.1, 0.15) is 0 Å². The summed E-state index contributed by atoms with van der Waals surface area (Å²) in [5, 5.41) is 0. The van der Waals surface area contributed by atoms with Gasteiger partial charge in [-0.3, -0.25) is 0 Å². The molecule has 0 aliphatic rings. The monoisotopic (exact) mass is 606 g/mol. The lowest BCUT2D eigenvalue weighted by Crippen LogP contribution is -2.19. The number of hydrogen-bond donors (Lipinski definition) is 0. The first kappa shape index (κ1) is 35.4. The average molecular weight is 607 g/mol. The van der Waals surface area contributed by atoms with Crippen LogP contribution in [0, 0.1) is 0 Å². The number of ether oxygens (including phenoxy) is 2. The molecule has 0 heterocycles. The third-order valence-electron chi connectivity index (χ3n) is 6.86. The molecule has 0 aromatic carbocycles. The van der Waals surface area contributed by atoms with E-state index < -0.39 is 0 Å². The smallest absolute Gasteiger partial charge is 0.157 e. The van der Waals surface area contributed by atoms with Crippen LogP contribution in [0.2, 0.25) is 0 Å². The fourth-order valence-electron chi connectivity index (χ4n) is 4.52. The van der Waals surface area contributed by atoms with E-state index in [-0.39, 0.29) is 6.29 Å². The Morgan fingerprint density at radius 1 is 0.486 bits per heavy atom. The number of rotatable bonds is 30. The molecule has 0 radical (unpaired) electrons. The first-order valence-electron chi connectivity index (χ1n) is 15.8. The molecule has 0 saturated carbocycles. The van der Waals surface area contributed by atoms with Crippen LogP contribution in [0.4, 0.5) is 0 Å². The van der Waals surface area contributed by atoms with E-state index in [1.807, 2.05) is 0 Å². The molecule has 0 aliphatic carbocycles. The normalized spacial score (nSPS) is 11.9. The van der Waals surface area contributed by atoms with Gasteiger partial charge in [0.05, 0.1) is 0 Å². The van der Waals surface area contributed by atoms with Gasteiger partial charge in [-0.05, 0) is 44.9 Å². The number of unbranched alkanes of at least 4 members (excludes halogenated alkanes) is 19. The Labute approximate surface area is 235 Å². The van der Waals surface area contributed by atoms with Gasteiger partial charge in [-0.2, -0.15) is 0 Å². The molecule has 0 aliphatic heterocycles. The highest BCUT2D eigenvalue weighted by Gasteiger charge is 2.09. The number of allylic oxidation sites excluding steroid dienone is 2. The number of hydrogen-bond acceptors (Lipinski definition) is 2. The SMILES string of the molecule is CCCCCCCCCOC(CCCCCCCCC/C=C/CCI)OCCCCCCCCC. The molecule has 0 saturated heterocycles. The second-order valence-corrected chi connectivity index (χ2v) is 11.5. The summed E-state index contributed by atoms with van der Waals surface area (Å²) in [7, 11) is 0. The lowest BCUT2D eigenvalue weighted by molar-refractivity contribution is -0.148. The van der Waals surface area contributed by atoms with Crippen LogP contribution in [0.25, 0.3) is 0 Å². The Morgan fingerprint density at radius 2 is 0.886 bits per heavy atom. The Bertz CT molecular complexity index is 379. The van der Waals surface area contributed by atoms with E-state index in [9.17, 15) is 0 Å². The molecule has 0 aromatic rings. The summed E-state index contributed by atoms with van der Waals surface area (Å²) in [6.45, 7) is 6.33. The lowest BCUT2D eigenvalue weighted by atomic mass is 10.1. The minimum absolute atomic E-state index is 0.0320. The van der Waals surface area contributed by atoms with Crippen molar-refractivity contribution >= 4 is 22.6 Å². The molecule has 2 nitrogen and oxygen atoms in total. The van der Waals surface area contributed by atoms with Crippen LogP contribution in [0.3, 0.4) is 0 Å². The maximum atomic E-state index is 6.20. The Hall–Kier alpha value is 0.390. The molecular formula is C32H63IO2. The van der Waals surface area contributed by atoms with Gasteiger partial charge >= 0.3 is 0 Å². The van der Waals surface area contributed by atoms with Crippen LogP contribution in [0.1, 0.15) is 168 Å². The van der Waals surface area contributed by atoms with E-state index in [1.54, 1.807) is 0 Å². The van der Waals surface area contributed by atoms with Crippen molar-refractivity contribution in [3.05, 3.63) is 12.2 Å². The van der Waals surface area contributed by atoms with E-state index >= 15 is 0 Å². The van der Waals surface area contributed by atoms with Gasteiger partial charge in [0, 0.05) is 17.6 Å². The summed E-state index contributed by atoms with van der Waals surface area (Å²) < 4.78 is 13.6. The zero-order chi connectivity index (χ0) is 25.5. The van der Waals surface area contributed by atoms with E-state index in [2.05, 4.69) is 48.6 Å². The zero-order valence-corrected chi connectivity index (χ0v) is 26.2. The van der Waals surface area contributed by atoms with Crippen molar-refractivity contribution in [3.63, 3.8) is 0 Å². The Morgan fingerprint density at radius 3 is 1.37 bits per heavy atom. The fraction of sp³-hybridized carbons (Fsp3) is 0.938. The topological polar surface area (TPSA) is 18.5 Å². The molecule has 0 bridgehead atoms. The maximum absolute atomic E-state index is 6.20. The summed E-state index contributed by atoms with van der Waals surface area (Å²) >= 11 is 2.44. The van der Waals surface area contributed by atoms with E-state index in [0.29, 0.717) is 0 Å². The highest BCUT2D eigenvalue weighted by Crippen LogP contribution is 2.15. The van der Waals surface area contributed by atoms with Crippen molar-refractivity contribution in [2.75, 3.05) is 17.6 Å². The number of alkyl halides is 1. The first-order chi connectivity index (χ1) is 17.3. The van der Waals surface area contributed by atoms with E-state index in [0.717, 1.165) is 19.6 Å². The van der Waals surface area contributed by atoms with Crippen LogP contribution in [0.5, 0.6) is 0 Å². The quantitative estimate of drug-likeness (QED) is 0.0266. The van der Waals surface area contributed by atoms with Crippen molar-refractivity contribution in [1.82, 2.24) is 0 Å². The summed E-state index contributed by atoms with van der Waals surface area (Å²) in [4.78, 5) is 0. The van der Waals surface area contributed by atoms with Crippen molar-refractivity contribution in [2.45, 2.75) is 174 Å². The third kappa shape index (κ3) is 30.5. The standard InChI is InChI=1S/C32H63IO2/c1-3-5-7-9-18-22-26-30-34-32(35-31-27-23-19-10-8-6-4-2)28-24-20-16-14-12-11-13-15-17-21-25-29-33/h17,21,32H,3-16,18-20,22-31H2,1-2H3/b21-17+. The minimum atomic E-state index is 0.0320. The van der Waals surface area contributed by atoms with Crippen molar-refractivity contribution in [2.24, 2.45) is 0 Å². The molecular weight excluding hydrogens is 543 g/mol. The second-order valence-electron chi connectivity index (χ2n) is 10.4. The molecule has 0 aromatic heterocycles. The van der Waals surface area contributed by atoms with Gasteiger partial charge in [-0.1, -0.05) is 158 Å².